The summed E-state index contributed by atoms with van der Waals surface area (Å²) in [6.07, 6.45) is 13.2. The van der Waals surface area contributed by atoms with E-state index in [1.807, 2.05) is 121 Å². The molecule has 0 aliphatic carbocycles. The number of benzene rings is 3. The summed E-state index contributed by atoms with van der Waals surface area (Å²) in [6, 6.07) is 63.5. The van der Waals surface area contributed by atoms with E-state index >= 15 is 0 Å². The van der Waals surface area contributed by atoms with Gasteiger partial charge in [-0.3, -0.25) is 49.3 Å². The van der Waals surface area contributed by atoms with Gasteiger partial charge in [0.25, 0.3) is 0 Å². The second-order valence-corrected chi connectivity index (χ2v) is 19.8. The normalized spacial score (nSPS) is 11.2. The summed E-state index contributed by atoms with van der Waals surface area (Å²) in [6.45, 7) is 4.02. The van der Waals surface area contributed by atoms with Crippen LogP contribution in [0.5, 0.6) is 0 Å². The number of nitrogens with zero attached hydrogens (tertiary/aromatic N) is 8. The Kier molecular flexibility index (Phi) is 20.7. The van der Waals surface area contributed by atoms with Gasteiger partial charge in [0.15, 0.2) is 11.6 Å². The third-order valence-corrected chi connectivity index (χ3v) is 14.4. The SMILES string of the molecule is O=C(CCCS)c1ccc(CN(Cc2ccccn2)Cc2ccccn2)nc1.O=C(CCCSC(c1ccccc1)(c1ccccc1)c1ccccc1)c1ccc(CN(Cc2ccccn2)Cc2ccccn2)nc1. The average Bonchev–Trinajstić information content (AvgIpc) is 3.47. The molecular formula is C63H62N8O2S2. The first kappa shape index (κ1) is 53.8. The molecule has 0 unspecified atom stereocenters. The zero-order valence-corrected chi connectivity index (χ0v) is 43.8. The van der Waals surface area contributed by atoms with Gasteiger partial charge in [-0.1, -0.05) is 115 Å². The maximum Gasteiger partial charge on any atom is 0.164 e. The summed E-state index contributed by atoms with van der Waals surface area (Å²) >= 11 is 6.05. The van der Waals surface area contributed by atoms with Gasteiger partial charge in [0, 0.05) is 100 Å². The molecule has 0 spiro atoms. The summed E-state index contributed by atoms with van der Waals surface area (Å²) < 4.78 is -0.382. The molecule has 378 valence electrons. The standard InChI is InChI=1S/C41H38N4OS.C22H24N4OS/c46-40(33-24-25-39(44-29-33)32-45(30-37-21-10-12-26-42-37)31-38-22-11-13-27-43-38)23-14-28-47-41(34-15-4-1-5-16-34,35-17-6-2-7-18-35)36-19-8-3-9-20-36;27-22(8-5-13-28)18-9-10-21(25-14-18)17-26(15-19-6-1-3-11-23-19)16-20-7-2-4-12-24-20/h1-13,15-22,24-27,29H,14,23,28,30-32H2;1-4,6-7,9-12,14,28H,5,8,13,15-17H2. The van der Waals surface area contributed by atoms with Crippen molar-refractivity contribution in [2.45, 2.75) is 69.7 Å². The van der Waals surface area contributed by atoms with Crippen LogP contribution in [-0.4, -0.2) is 62.8 Å². The first-order valence-electron chi connectivity index (χ1n) is 25.4. The molecule has 3 aromatic carbocycles. The number of pyridine rings is 6. The smallest absolute Gasteiger partial charge is 0.164 e. The van der Waals surface area contributed by atoms with Crippen LogP contribution in [0, 0.1) is 0 Å². The lowest BCUT2D eigenvalue weighted by Crippen LogP contribution is -2.26. The van der Waals surface area contributed by atoms with E-state index in [4.69, 9.17) is 4.98 Å². The van der Waals surface area contributed by atoms with Crippen LogP contribution in [0.2, 0.25) is 0 Å². The topological polar surface area (TPSA) is 118 Å². The molecule has 0 N–H and O–H groups in total. The van der Waals surface area contributed by atoms with Crippen molar-refractivity contribution in [3.8, 4) is 0 Å². The summed E-state index contributed by atoms with van der Waals surface area (Å²) in [5.74, 6) is 1.78. The minimum atomic E-state index is -0.382. The molecule has 0 bridgehead atoms. The summed E-state index contributed by atoms with van der Waals surface area (Å²) in [5, 5.41) is 0. The Morgan fingerprint density at radius 2 is 0.707 bits per heavy atom. The number of hydrogen-bond acceptors (Lipinski definition) is 12. The molecule has 6 heterocycles. The van der Waals surface area contributed by atoms with E-state index in [9.17, 15) is 9.59 Å². The van der Waals surface area contributed by atoms with Gasteiger partial charge in [-0.15, -0.1) is 11.8 Å². The van der Waals surface area contributed by atoms with Crippen LogP contribution in [-0.2, 0) is 44.0 Å². The van der Waals surface area contributed by atoms with Crippen molar-refractivity contribution in [1.29, 1.82) is 0 Å². The van der Waals surface area contributed by atoms with Crippen molar-refractivity contribution in [3.05, 3.63) is 287 Å². The lowest BCUT2D eigenvalue weighted by atomic mass is 9.84. The van der Waals surface area contributed by atoms with Gasteiger partial charge in [-0.25, -0.2) is 0 Å². The predicted octanol–water partition coefficient (Wildman–Crippen LogP) is 12.7. The second kappa shape index (κ2) is 28.8. The van der Waals surface area contributed by atoms with Gasteiger partial charge < -0.3 is 0 Å². The van der Waals surface area contributed by atoms with E-state index in [1.54, 1.807) is 24.8 Å². The van der Waals surface area contributed by atoms with E-state index in [0.29, 0.717) is 69.0 Å². The maximum atomic E-state index is 13.3. The fourth-order valence-corrected chi connectivity index (χ4v) is 10.5. The van der Waals surface area contributed by atoms with Gasteiger partial charge in [-0.2, -0.15) is 12.6 Å². The molecule has 0 fully saturated rings. The fourth-order valence-electron chi connectivity index (χ4n) is 8.80. The van der Waals surface area contributed by atoms with E-state index in [-0.39, 0.29) is 16.3 Å². The Morgan fingerprint density at radius 1 is 0.387 bits per heavy atom. The molecule has 0 saturated carbocycles. The van der Waals surface area contributed by atoms with E-state index in [1.165, 1.54) is 16.7 Å². The first-order valence-corrected chi connectivity index (χ1v) is 27.0. The lowest BCUT2D eigenvalue weighted by molar-refractivity contribution is 0.0973. The number of hydrogen-bond donors (Lipinski definition) is 1. The van der Waals surface area contributed by atoms with Gasteiger partial charge >= 0.3 is 0 Å². The third kappa shape index (κ3) is 16.3. The highest BCUT2D eigenvalue weighted by molar-refractivity contribution is 8.00. The Hall–Kier alpha value is -7.48. The number of aromatic nitrogens is 6. The average molecular weight is 1030 g/mol. The van der Waals surface area contributed by atoms with Crippen LogP contribution >= 0.6 is 24.4 Å². The van der Waals surface area contributed by atoms with Gasteiger partial charge in [-0.05, 0) is 114 Å². The van der Waals surface area contributed by atoms with Crippen molar-refractivity contribution in [2.24, 2.45) is 0 Å². The van der Waals surface area contributed by atoms with Crippen molar-refractivity contribution in [3.63, 3.8) is 0 Å². The minimum Gasteiger partial charge on any atom is -0.294 e. The quantitative estimate of drug-likeness (QED) is 0.0255. The first-order chi connectivity index (χ1) is 36.9. The van der Waals surface area contributed by atoms with Crippen LogP contribution in [0.25, 0.3) is 0 Å². The van der Waals surface area contributed by atoms with Crippen LogP contribution in [0.4, 0.5) is 0 Å². The maximum absolute atomic E-state index is 13.3. The molecular weight excluding hydrogens is 965 g/mol. The number of carbonyl (C=O) groups excluding carboxylic acids is 2. The molecule has 12 heteroatoms. The molecule has 9 aromatic rings. The highest BCUT2D eigenvalue weighted by Gasteiger charge is 2.36. The molecule has 0 aliphatic heterocycles. The van der Waals surface area contributed by atoms with E-state index < -0.39 is 0 Å². The highest BCUT2D eigenvalue weighted by Crippen LogP contribution is 2.48. The number of Topliss-reactive ketones (excluding diaryl/α,β-unsaturated/α-hetero) is 2. The van der Waals surface area contributed by atoms with Crippen molar-refractivity contribution in [2.75, 3.05) is 11.5 Å². The van der Waals surface area contributed by atoms with Crippen LogP contribution < -0.4 is 0 Å². The van der Waals surface area contributed by atoms with Crippen molar-refractivity contribution in [1.82, 2.24) is 39.7 Å². The van der Waals surface area contributed by atoms with E-state index in [2.05, 4.69) is 138 Å². The zero-order valence-electron chi connectivity index (χ0n) is 42.1. The number of ketones is 2. The Balaban J connectivity index is 0.000000227. The Bertz CT molecular complexity index is 2880. The zero-order chi connectivity index (χ0) is 51.8. The van der Waals surface area contributed by atoms with Crippen molar-refractivity contribution >= 4 is 36.0 Å². The van der Waals surface area contributed by atoms with E-state index in [0.717, 1.165) is 52.8 Å². The Labute approximate surface area is 451 Å². The van der Waals surface area contributed by atoms with Gasteiger partial charge in [0.2, 0.25) is 0 Å². The summed E-state index contributed by atoms with van der Waals surface area (Å²) in [7, 11) is 0. The third-order valence-electron chi connectivity index (χ3n) is 12.5. The number of thiol groups is 1. The predicted molar refractivity (Wildman–Crippen MR) is 304 cm³/mol. The van der Waals surface area contributed by atoms with Crippen molar-refractivity contribution < 1.29 is 9.59 Å². The number of rotatable bonds is 25. The largest absolute Gasteiger partial charge is 0.294 e. The van der Waals surface area contributed by atoms with Gasteiger partial charge in [0.1, 0.15) is 0 Å². The molecule has 0 atom stereocenters. The molecule has 10 nitrogen and oxygen atoms in total. The molecule has 6 aromatic heterocycles. The van der Waals surface area contributed by atoms with Crippen LogP contribution in [0.15, 0.2) is 225 Å². The van der Waals surface area contributed by atoms with Crippen LogP contribution in [0.3, 0.4) is 0 Å². The fraction of sp³-hybridized carbons (Fsp3) is 0.206. The summed E-state index contributed by atoms with van der Waals surface area (Å²) in [5.41, 5.74) is 10.8. The molecule has 0 amide bonds. The molecule has 0 radical (unpaired) electrons. The molecule has 9 rings (SSSR count). The summed E-state index contributed by atoms with van der Waals surface area (Å²) in [4.78, 5) is 57.1. The monoisotopic (exact) mass is 1030 g/mol. The highest BCUT2D eigenvalue weighted by atomic mass is 32.2. The number of carbonyl (C=O) groups is 2. The lowest BCUT2D eigenvalue weighted by Gasteiger charge is -2.35. The molecule has 0 saturated heterocycles. The second-order valence-electron chi connectivity index (χ2n) is 18.1. The molecule has 0 aliphatic rings. The van der Waals surface area contributed by atoms with Crippen LogP contribution in [0.1, 0.15) is 97.3 Å². The van der Waals surface area contributed by atoms with Gasteiger partial charge in [0.05, 0.1) is 38.9 Å². The number of thioether (sulfide) groups is 1. The molecule has 75 heavy (non-hydrogen) atoms. The minimum absolute atomic E-state index is 0.118. The Morgan fingerprint density at radius 3 is 1.00 bits per heavy atom.